The van der Waals surface area contributed by atoms with E-state index < -0.39 is 5.97 Å². The maximum absolute atomic E-state index is 12.7. The highest BCUT2D eigenvalue weighted by Gasteiger charge is 2.21. The van der Waals surface area contributed by atoms with E-state index in [9.17, 15) is 14.4 Å². The van der Waals surface area contributed by atoms with Crippen LogP contribution in [0.3, 0.4) is 0 Å². The lowest BCUT2D eigenvalue weighted by atomic mass is 10.1. The molecule has 158 valence electrons. The molecule has 1 aliphatic heterocycles. The van der Waals surface area contributed by atoms with Crippen molar-refractivity contribution in [1.82, 2.24) is 15.1 Å². The lowest BCUT2D eigenvalue weighted by molar-refractivity contribution is 0.0518. The highest BCUT2D eigenvalue weighted by Crippen LogP contribution is 2.20. The van der Waals surface area contributed by atoms with Crippen LogP contribution in [0.15, 0.2) is 60.8 Å². The van der Waals surface area contributed by atoms with Gasteiger partial charge in [-0.25, -0.2) is 14.3 Å². The van der Waals surface area contributed by atoms with Crippen LogP contribution in [0.5, 0.6) is 0 Å². The lowest BCUT2D eigenvalue weighted by Crippen LogP contribution is -2.27. The first-order chi connectivity index (χ1) is 15.0. The summed E-state index contributed by atoms with van der Waals surface area (Å²) in [5, 5.41) is 9.80. The van der Waals surface area contributed by atoms with Crippen molar-refractivity contribution in [2.75, 3.05) is 29.9 Å². The highest BCUT2D eigenvalue weighted by atomic mass is 16.5. The fourth-order valence-corrected chi connectivity index (χ4v) is 3.22. The number of esters is 1. The summed E-state index contributed by atoms with van der Waals surface area (Å²) in [6, 6.07) is 15.4. The molecular weight excluding hydrogens is 398 g/mol. The number of nitrogens with one attached hydrogen (secondary N) is 2. The van der Waals surface area contributed by atoms with Gasteiger partial charge in [-0.2, -0.15) is 5.10 Å². The minimum Gasteiger partial charge on any atom is -0.461 e. The lowest BCUT2D eigenvalue weighted by Gasteiger charge is -2.15. The summed E-state index contributed by atoms with van der Waals surface area (Å²) in [6.07, 6.45) is 1.67. The van der Waals surface area contributed by atoms with Crippen molar-refractivity contribution in [2.24, 2.45) is 0 Å². The molecule has 1 fully saturated rings. The van der Waals surface area contributed by atoms with Crippen molar-refractivity contribution in [1.29, 1.82) is 0 Å². The molecule has 4 rings (SSSR count). The van der Waals surface area contributed by atoms with E-state index in [1.54, 1.807) is 77.3 Å². The summed E-state index contributed by atoms with van der Waals surface area (Å²) >= 11 is 0. The molecule has 0 unspecified atom stereocenters. The van der Waals surface area contributed by atoms with E-state index in [1.807, 2.05) is 0 Å². The van der Waals surface area contributed by atoms with Crippen molar-refractivity contribution in [3.8, 4) is 5.69 Å². The van der Waals surface area contributed by atoms with Gasteiger partial charge in [-0.1, -0.05) is 6.07 Å². The predicted molar refractivity (Wildman–Crippen MR) is 115 cm³/mol. The molecule has 9 nitrogen and oxygen atoms in total. The van der Waals surface area contributed by atoms with Crippen molar-refractivity contribution < 1.29 is 19.1 Å². The summed E-state index contributed by atoms with van der Waals surface area (Å²) in [5.74, 6) is -0.753. The largest absolute Gasteiger partial charge is 0.461 e. The number of hydrogen-bond acceptors (Lipinski definition) is 5. The van der Waals surface area contributed by atoms with Crippen LogP contribution >= 0.6 is 0 Å². The predicted octanol–water partition coefficient (Wildman–Crippen LogP) is 2.83. The molecular formula is C22H21N5O4. The number of hydrogen-bond donors (Lipinski definition) is 2. The number of rotatable bonds is 6. The zero-order valence-corrected chi connectivity index (χ0v) is 16.9. The Morgan fingerprint density at radius 1 is 1.13 bits per heavy atom. The Morgan fingerprint density at radius 2 is 1.94 bits per heavy atom. The van der Waals surface area contributed by atoms with Gasteiger partial charge in [0.25, 0.3) is 5.91 Å². The Balaban J connectivity index is 1.44. The third kappa shape index (κ3) is 4.40. The van der Waals surface area contributed by atoms with E-state index in [-0.39, 0.29) is 24.2 Å². The molecule has 2 N–H and O–H groups in total. The molecule has 0 spiro atoms. The number of ether oxygens (including phenoxy) is 1. The Kier molecular flexibility index (Phi) is 5.65. The number of carbonyl (C=O) groups excluding carboxylic acids is 3. The maximum Gasteiger partial charge on any atom is 0.358 e. The number of amides is 3. The third-order valence-electron chi connectivity index (χ3n) is 4.74. The van der Waals surface area contributed by atoms with E-state index in [2.05, 4.69) is 15.7 Å². The Bertz CT molecular complexity index is 1120. The van der Waals surface area contributed by atoms with Crippen LogP contribution in [-0.2, 0) is 4.74 Å². The zero-order valence-electron chi connectivity index (χ0n) is 16.9. The number of nitrogens with zero attached hydrogens (tertiary/aromatic N) is 3. The fraction of sp³-hybridized carbons (Fsp3) is 0.182. The van der Waals surface area contributed by atoms with Gasteiger partial charge < -0.3 is 15.4 Å². The van der Waals surface area contributed by atoms with Crippen LogP contribution < -0.4 is 15.5 Å². The maximum atomic E-state index is 12.7. The highest BCUT2D eigenvalue weighted by molar-refractivity contribution is 6.05. The second kappa shape index (κ2) is 8.70. The quantitative estimate of drug-likeness (QED) is 0.598. The van der Waals surface area contributed by atoms with E-state index >= 15 is 0 Å². The molecule has 0 radical (unpaired) electrons. The summed E-state index contributed by atoms with van der Waals surface area (Å²) < 4.78 is 6.50. The average molecular weight is 419 g/mol. The molecule has 2 aromatic carbocycles. The van der Waals surface area contributed by atoms with Crippen molar-refractivity contribution in [2.45, 2.75) is 6.92 Å². The van der Waals surface area contributed by atoms with Crippen LogP contribution in [0.4, 0.5) is 16.2 Å². The molecule has 0 atom stereocenters. The summed E-state index contributed by atoms with van der Waals surface area (Å²) in [5.41, 5.74) is 2.69. The molecule has 1 aromatic heterocycles. The molecule has 1 aliphatic rings. The molecule has 1 saturated heterocycles. The van der Waals surface area contributed by atoms with E-state index in [0.29, 0.717) is 30.0 Å². The summed E-state index contributed by atoms with van der Waals surface area (Å²) in [6.45, 7) is 3.17. The first kappa shape index (κ1) is 20.1. The van der Waals surface area contributed by atoms with Crippen LogP contribution in [0, 0.1) is 0 Å². The number of carbonyl (C=O) groups is 3. The number of anilines is 2. The SMILES string of the molecule is CCOC(=O)c1ccn(-c2ccc(NC(=O)c3cccc(N4CCNC4=O)c3)cc2)n1. The second-order valence-corrected chi connectivity index (χ2v) is 6.80. The van der Waals surface area contributed by atoms with Crippen molar-refractivity contribution in [3.63, 3.8) is 0 Å². The molecule has 31 heavy (non-hydrogen) atoms. The number of aromatic nitrogens is 2. The first-order valence-electron chi connectivity index (χ1n) is 9.85. The van der Waals surface area contributed by atoms with Crippen molar-refractivity contribution >= 4 is 29.3 Å². The van der Waals surface area contributed by atoms with Gasteiger partial charge in [-0.15, -0.1) is 0 Å². The molecule has 2 heterocycles. The van der Waals surface area contributed by atoms with Crippen LogP contribution in [0.25, 0.3) is 5.69 Å². The molecule has 3 amide bonds. The van der Waals surface area contributed by atoms with Crippen molar-refractivity contribution in [3.05, 3.63) is 72.1 Å². The zero-order chi connectivity index (χ0) is 21.8. The Morgan fingerprint density at radius 3 is 2.65 bits per heavy atom. The minimum absolute atomic E-state index is 0.169. The summed E-state index contributed by atoms with van der Waals surface area (Å²) in [4.78, 5) is 37.9. The molecule has 9 heteroatoms. The first-order valence-corrected chi connectivity index (χ1v) is 9.85. The summed E-state index contributed by atoms with van der Waals surface area (Å²) in [7, 11) is 0. The average Bonchev–Trinajstić information content (AvgIpc) is 3.44. The molecule has 0 saturated carbocycles. The molecule has 3 aromatic rings. The van der Waals surface area contributed by atoms with Gasteiger partial charge in [0.1, 0.15) is 0 Å². The smallest absolute Gasteiger partial charge is 0.358 e. The minimum atomic E-state index is -0.473. The fourth-order valence-electron chi connectivity index (χ4n) is 3.22. The number of benzene rings is 2. The van der Waals surface area contributed by atoms with Gasteiger partial charge in [0, 0.05) is 36.2 Å². The second-order valence-electron chi connectivity index (χ2n) is 6.80. The van der Waals surface area contributed by atoms with Gasteiger partial charge in [-0.3, -0.25) is 9.69 Å². The van der Waals surface area contributed by atoms with Gasteiger partial charge in [0.2, 0.25) is 0 Å². The molecule has 0 bridgehead atoms. The Hall–Kier alpha value is -4.14. The van der Waals surface area contributed by atoms with E-state index in [4.69, 9.17) is 4.74 Å². The molecule has 0 aliphatic carbocycles. The van der Waals surface area contributed by atoms with E-state index in [1.165, 1.54) is 0 Å². The normalized spacial score (nSPS) is 13.1. The standard InChI is InChI=1S/C22H21N5O4/c1-2-31-21(29)19-10-12-27(25-19)17-8-6-16(7-9-17)24-20(28)15-4-3-5-18(14-15)26-13-11-23-22(26)30/h3-10,12,14H,2,11,13H2,1H3,(H,23,30)(H,24,28). The monoisotopic (exact) mass is 419 g/mol. The van der Waals surface area contributed by atoms with Gasteiger partial charge in [0.05, 0.1) is 12.3 Å². The third-order valence-corrected chi connectivity index (χ3v) is 4.74. The van der Waals surface area contributed by atoms with Gasteiger partial charge in [0.15, 0.2) is 5.69 Å². The van der Waals surface area contributed by atoms with Gasteiger partial charge in [-0.05, 0) is 55.5 Å². The van der Waals surface area contributed by atoms with Crippen LogP contribution in [0.2, 0.25) is 0 Å². The topological polar surface area (TPSA) is 106 Å². The Labute approximate surface area is 178 Å². The van der Waals surface area contributed by atoms with Crippen LogP contribution in [0.1, 0.15) is 27.8 Å². The van der Waals surface area contributed by atoms with Gasteiger partial charge >= 0.3 is 12.0 Å². The van der Waals surface area contributed by atoms with Crippen LogP contribution in [-0.4, -0.2) is 47.4 Å². The van der Waals surface area contributed by atoms with E-state index in [0.717, 1.165) is 5.69 Å². The number of urea groups is 1.